The molecule has 0 bridgehead atoms. The quantitative estimate of drug-likeness (QED) is 0.713. The third-order valence-electron chi connectivity index (χ3n) is 4.09. The number of H-pyrrole nitrogens is 1. The number of rotatable bonds is 7. The number of methoxy groups -OCH3 is 1. The summed E-state index contributed by atoms with van der Waals surface area (Å²) in [4.78, 5) is 21.2. The first-order valence-corrected chi connectivity index (χ1v) is 8.34. The Morgan fingerprint density at radius 3 is 2.96 bits per heavy atom. The maximum Gasteiger partial charge on any atom is 0.274 e. The van der Waals surface area contributed by atoms with E-state index in [1.807, 2.05) is 31.2 Å². The molecule has 0 atom stereocenters. The van der Waals surface area contributed by atoms with Crippen molar-refractivity contribution in [2.75, 3.05) is 20.7 Å². The molecule has 2 heterocycles. The van der Waals surface area contributed by atoms with Crippen LogP contribution in [0.1, 0.15) is 25.6 Å². The summed E-state index contributed by atoms with van der Waals surface area (Å²) in [7, 11) is 3.43. The molecule has 25 heavy (non-hydrogen) atoms. The van der Waals surface area contributed by atoms with E-state index in [1.165, 1.54) is 0 Å². The van der Waals surface area contributed by atoms with Crippen LogP contribution < -0.4 is 4.74 Å². The third kappa shape index (κ3) is 3.81. The molecule has 0 aliphatic carbocycles. The lowest BCUT2D eigenvalue weighted by Crippen LogP contribution is -2.28. The van der Waals surface area contributed by atoms with Crippen LogP contribution >= 0.6 is 0 Å². The van der Waals surface area contributed by atoms with Crippen LogP contribution in [0, 0.1) is 0 Å². The molecule has 0 spiro atoms. The molecule has 1 N–H and O–H groups in total. The minimum Gasteiger partial charge on any atom is -0.497 e. The Labute approximate surface area is 146 Å². The summed E-state index contributed by atoms with van der Waals surface area (Å²) in [5, 5.41) is 5.05. The van der Waals surface area contributed by atoms with E-state index >= 15 is 0 Å². The van der Waals surface area contributed by atoms with Crippen LogP contribution in [-0.2, 0) is 11.2 Å². The predicted octanol–water partition coefficient (Wildman–Crippen LogP) is 3.03. The van der Waals surface area contributed by atoms with Crippen LogP contribution in [0.4, 0.5) is 0 Å². The van der Waals surface area contributed by atoms with Gasteiger partial charge in [0.05, 0.1) is 7.11 Å². The highest BCUT2D eigenvalue weighted by Gasteiger charge is 2.14. The molecule has 7 nitrogen and oxygen atoms in total. The van der Waals surface area contributed by atoms with Gasteiger partial charge in [-0.3, -0.25) is 4.79 Å². The van der Waals surface area contributed by atoms with Crippen molar-refractivity contribution in [1.29, 1.82) is 0 Å². The van der Waals surface area contributed by atoms with E-state index in [-0.39, 0.29) is 5.91 Å². The highest BCUT2D eigenvalue weighted by atomic mass is 16.5. The molecule has 1 amide bonds. The molecule has 0 aliphatic rings. The smallest absolute Gasteiger partial charge is 0.274 e. The molecular formula is C18H22N4O3. The molecular weight excluding hydrogens is 320 g/mol. The number of ether oxygens (including phenoxy) is 1. The maximum absolute atomic E-state index is 11.8. The summed E-state index contributed by atoms with van der Waals surface area (Å²) >= 11 is 0. The van der Waals surface area contributed by atoms with Gasteiger partial charge in [-0.1, -0.05) is 12.1 Å². The van der Waals surface area contributed by atoms with Gasteiger partial charge in [-0.05, 0) is 24.6 Å². The Kier molecular flexibility index (Phi) is 5.02. The van der Waals surface area contributed by atoms with Gasteiger partial charge >= 0.3 is 0 Å². The van der Waals surface area contributed by atoms with Crippen molar-refractivity contribution in [3.8, 4) is 17.3 Å². The number of carbonyl (C=O) groups is 1. The first-order chi connectivity index (χ1) is 12.1. The number of hydrogen-bond acceptors (Lipinski definition) is 5. The summed E-state index contributed by atoms with van der Waals surface area (Å²) in [5.41, 5.74) is 1.71. The molecule has 0 radical (unpaired) electrons. The zero-order chi connectivity index (χ0) is 17.8. The first-order valence-electron chi connectivity index (χ1n) is 8.34. The number of likely N-dealkylation sites (N-methyl/N-ethyl adjacent to an activating group) is 1. The van der Waals surface area contributed by atoms with E-state index in [0.29, 0.717) is 31.1 Å². The number of benzene rings is 1. The highest BCUT2D eigenvalue weighted by Crippen LogP contribution is 2.26. The van der Waals surface area contributed by atoms with Gasteiger partial charge < -0.3 is 19.1 Å². The average molecular weight is 342 g/mol. The van der Waals surface area contributed by atoms with Crippen LogP contribution in [0.25, 0.3) is 22.5 Å². The topological polar surface area (TPSA) is 84.3 Å². The van der Waals surface area contributed by atoms with Gasteiger partial charge in [0.15, 0.2) is 5.82 Å². The SMILES string of the molecule is CCCC(=O)N(C)CCc1noc(-c2cc3ccc(OC)cc3[nH]2)n1. The van der Waals surface area contributed by atoms with E-state index < -0.39 is 0 Å². The Bertz CT molecular complexity index is 868. The second-order valence-corrected chi connectivity index (χ2v) is 5.97. The zero-order valence-corrected chi connectivity index (χ0v) is 14.7. The Morgan fingerprint density at radius 2 is 2.20 bits per heavy atom. The third-order valence-corrected chi connectivity index (χ3v) is 4.09. The summed E-state index contributed by atoms with van der Waals surface area (Å²) in [6.45, 7) is 2.56. The number of nitrogens with zero attached hydrogens (tertiary/aromatic N) is 3. The fourth-order valence-corrected chi connectivity index (χ4v) is 2.61. The largest absolute Gasteiger partial charge is 0.497 e. The normalized spacial score (nSPS) is 11.0. The average Bonchev–Trinajstić information content (AvgIpc) is 3.25. The van der Waals surface area contributed by atoms with E-state index in [9.17, 15) is 4.79 Å². The molecule has 1 aromatic carbocycles. The van der Waals surface area contributed by atoms with Crippen LogP contribution in [0.5, 0.6) is 5.75 Å². The number of nitrogens with one attached hydrogen (secondary N) is 1. The Hall–Kier alpha value is -2.83. The van der Waals surface area contributed by atoms with Gasteiger partial charge in [0.2, 0.25) is 5.91 Å². The van der Waals surface area contributed by atoms with Gasteiger partial charge in [-0.15, -0.1) is 0 Å². The monoisotopic (exact) mass is 342 g/mol. The van der Waals surface area contributed by atoms with Crippen LogP contribution in [0.15, 0.2) is 28.8 Å². The van der Waals surface area contributed by atoms with E-state index in [2.05, 4.69) is 15.1 Å². The number of aromatic nitrogens is 3. The number of hydrogen-bond donors (Lipinski definition) is 1. The van der Waals surface area contributed by atoms with Gasteiger partial charge in [0, 0.05) is 43.4 Å². The number of amides is 1. The Balaban J connectivity index is 1.70. The second kappa shape index (κ2) is 7.38. The fourth-order valence-electron chi connectivity index (χ4n) is 2.61. The van der Waals surface area contributed by atoms with Crippen molar-refractivity contribution >= 4 is 16.8 Å². The number of fused-ring (bicyclic) bond motifs is 1. The van der Waals surface area contributed by atoms with E-state index in [1.54, 1.807) is 19.1 Å². The number of aromatic amines is 1. The van der Waals surface area contributed by atoms with Gasteiger partial charge in [0.25, 0.3) is 5.89 Å². The van der Waals surface area contributed by atoms with E-state index in [4.69, 9.17) is 9.26 Å². The predicted molar refractivity (Wildman–Crippen MR) is 94.4 cm³/mol. The molecule has 0 aliphatic heterocycles. The van der Waals surface area contributed by atoms with Crippen LogP contribution in [0.3, 0.4) is 0 Å². The molecule has 0 unspecified atom stereocenters. The highest BCUT2D eigenvalue weighted by molar-refractivity contribution is 5.85. The molecule has 132 valence electrons. The zero-order valence-electron chi connectivity index (χ0n) is 14.7. The molecule has 2 aromatic heterocycles. The standard InChI is InChI=1S/C18H22N4O3/c1-4-5-17(23)22(2)9-8-16-20-18(25-21-16)15-10-12-6-7-13(24-3)11-14(12)19-15/h6-7,10-11,19H,4-5,8-9H2,1-3H3. The second-order valence-electron chi connectivity index (χ2n) is 5.97. The van der Waals surface area contributed by atoms with Gasteiger partial charge in [-0.2, -0.15) is 4.98 Å². The fraction of sp³-hybridized carbons (Fsp3) is 0.389. The van der Waals surface area contributed by atoms with Crippen LogP contribution in [-0.4, -0.2) is 46.6 Å². The number of carbonyl (C=O) groups excluding carboxylic acids is 1. The van der Waals surface area contributed by atoms with E-state index in [0.717, 1.165) is 28.8 Å². The van der Waals surface area contributed by atoms with Crippen molar-refractivity contribution < 1.29 is 14.1 Å². The maximum atomic E-state index is 11.8. The molecule has 7 heteroatoms. The first kappa shape index (κ1) is 17.0. The van der Waals surface area contributed by atoms with Crippen molar-refractivity contribution in [3.63, 3.8) is 0 Å². The minimum atomic E-state index is 0.135. The van der Waals surface area contributed by atoms with Crippen molar-refractivity contribution in [2.45, 2.75) is 26.2 Å². The van der Waals surface area contributed by atoms with Crippen LogP contribution in [0.2, 0.25) is 0 Å². The minimum absolute atomic E-state index is 0.135. The van der Waals surface area contributed by atoms with Crippen molar-refractivity contribution in [3.05, 3.63) is 30.1 Å². The summed E-state index contributed by atoms with van der Waals surface area (Å²) in [6.07, 6.45) is 1.97. The lowest BCUT2D eigenvalue weighted by molar-refractivity contribution is -0.129. The lowest BCUT2D eigenvalue weighted by atomic mass is 10.2. The van der Waals surface area contributed by atoms with Gasteiger partial charge in [-0.25, -0.2) is 0 Å². The van der Waals surface area contributed by atoms with Crippen molar-refractivity contribution in [1.82, 2.24) is 20.0 Å². The Morgan fingerprint density at radius 1 is 1.36 bits per heavy atom. The molecule has 0 saturated heterocycles. The van der Waals surface area contributed by atoms with Gasteiger partial charge in [0.1, 0.15) is 11.4 Å². The lowest BCUT2D eigenvalue weighted by Gasteiger charge is -2.15. The summed E-state index contributed by atoms with van der Waals surface area (Å²) in [5.74, 6) is 1.94. The molecule has 0 fully saturated rings. The summed E-state index contributed by atoms with van der Waals surface area (Å²) in [6, 6.07) is 7.76. The molecule has 3 aromatic rings. The van der Waals surface area contributed by atoms with Crippen molar-refractivity contribution in [2.24, 2.45) is 0 Å². The molecule has 0 saturated carbocycles. The molecule has 3 rings (SSSR count). The summed E-state index contributed by atoms with van der Waals surface area (Å²) < 4.78 is 10.6.